The number of hydrogen-bond acceptors (Lipinski definition) is 14. The van der Waals surface area contributed by atoms with E-state index in [1.54, 1.807) is 13.0 Å². The number of phenols is 1. The maximum atomic E-state index is 13.7. The van der Waals surface area contributed by atoms with E-state index in [4.69, 9.17) is 28.8 Å². The summed E-state index contributed by atoms with van der Waals surface area (Å²) in [5.74, 6) is -9.25. The summed E-state index contributed by atoms with van der Waals surface area (Å²) in [5.41, 5.74) is -1.50. The number of fused-ring (bicyclic) bond motifs is 1. The van der Waals surface area contributed by atoms with Crippen molar-refractivity contribution in [3.8, 4) is 11.5 Å². The number of aromatic hydroxyl groups is 1. The molecule has 1 fully saturated rings. The normalized spacial score (nSPS) is 26.8. The van der Waals surface area contributed by atoms with Crippen LogP contribution in [0.25, 0.3) is 0 Å². The number of likely N-dealkylation sites (N-methyl/N-ethyl adjacent to an activating group) is 1. The van der Waals surface area contributed by atoms with Crippen LogP contribution in [-0.2, 0) is 53.1 Å². The molecule has 0 amide bonds. The molecule has 1 aromatic carbocycles. The number of hydrogen-bond donors (Lipinski definition) is 4. The Labute approximate surface area is 262 Å². The van der Waals surface area contributed by atoms with Gasteiger partial charge in [-0.25, -0.2) is 14.4 Å². The van der Waals surface area contributed by atoms with Gasteiger partial charge in [0.15, 0.2) is 17.6 Å². The minimum absolute atomic E-state index is 0.0569. The predicted octanol–water partition coefficient (Wildman–Crippen LogP) is 0.320. The first-order valence-electron chi connectivity index (χ1n) is 14.3. The molecule has 4 N–H and O–H groups in total. The van der Waals surface area contributed by atoms with E-state index in [1.165, 1.54) is 12.1 Å². The molecule has 0 bridgehead atoms. The lowest BCUT2D eigenvalue weighted by atomic mass is 9.54. The number of carbonyl (C=O) groups is 6. The van der Waals surface area contributed by atoms with E-state index in [0.29, 0.717) is 24.1 Å². The molecule has 0 saturated carbocycles. The van der Waals surface area contributed by atoms with E-state index in [2.05, 4.69) is 0 Å². The molecule has 2 aliphatic heterocycles. The van der Waals surface area contributed by atoms with E-state index in [0.717, 1.165) is 13.8 Å². The minimum Gasteiger partial charge on any atom is -0.504 e. The predicted molar refractivity (Wildman–Crippen MR) is 150 cm³/mol. The molecule has 7 atom stereocenters. The number of carboxylic acids is 2. The van der Waals surface area contributed by atoms with Crippen LogP contribution in [0, 0.1) is 6.92 Å². The number of phenolic OH excluding ortho intramolecular Hbond substituents is 1. The topological polar surface area (TPSA) is 233 Å². The third kappa shape index (κ3) is 5.85. The van der Waals surface area contributed by atoms with E-state index in [1.807, 2.05) is 18.9 Å². The van der Waals surface area contributed by atoms with Crippen molar-refractivity contribution in [2.75, 3.05) is 13.6 Å². The van der Waals surface area contributed by atoms with Gasteiger partial charge in [-0.3, -0.25) is 14.4 Å². The molecule has 46 heavy (non-hydrogen) atoms. The van der Waals surface area contributed by atoms with Crippen molar-refractivity contribution >= 4 is 35.8 Å². The van der Waals surface area contributed by atoms with E-state index < -0.39 is 83.7 Å². The van der Waals surface area contributed by atoms with Crippen molar-refractivity contribution in [3.63, 3.8) is 0 Å². The lowest BCUT2D eigenvalue weighted by Crippen LogP contribution is -2.71. The lowest BCUT2D eigenvalue weighted by molar-refractivity contribution is -0.195. The highest BCUT2D eigenvalue weighted by atomic mass is 16.6. The maximum Gasteiger partial charge on any atom is 0.357 e. The molecule has 0 unspecified atom stereocenters. The zero-order valence-corrected chi connectivity index (χ0v) is 25.7. The van der Waals surface area contributed by atoms with Crippen LogP contribution < -0.4 is 4.74 Å². The van der Waals surface area contributed by atoms with Gasteiger partial charge in [-0.05, 0) is 51.6 Å². The van der Waals surface area contributed by atoms with Gasteiger partial charge < -0.3 is 49.0 Å². The number of carbonyl (C=O) groups excluding carboxylic acids is 4. The monoisotopic (exact) mass is 649 g/mol. The molecule has 1 aliphatic carbocycles. The average molecular weight is 650 g/mol. The van der Waals surface area contributed by atoms with Crippen LogP contribution in [0.4, 0.5) is 0 Å². The summed E-state index contributed by atoms with van der Waals surface area (Å²) in [6.45, 7) is 5.82. The van der Waals surface area contributed by atoms with Gasteiger partial charge in [0.2, 0.25) is 18.3 Å². The van der Waals surface area contributed by atoms with Gasteiger partial charge in [-0.1, -0.05) is 6.07 Å². The fourth-order valence-electron chi connectivity index (χ4n) is 6.55. The summed E-state index contributed by atoms with van der Waals surface area (Å²) in [7, 11) is 1.85. The number of likely N-dealkylation sites (tertiary alicyclic amines) is 1. The van der Waals surface area contributed by atoms with Crippen molar-refractivity contribution in [3.05, 3.63) is 35.1 Å². The zero-order chi connectivity index (χ0) is 34.3. The van der Waals surface area contributed by atoms with Crippen molar-refractivity contribution in [1.29, 1.82) is 0 Å². The largest absolute Gasteiger partial charge is 0.504 e. The van der Waals surface area contributed by atoms with Crippen LogP contribution in [-0.4, -0.2) is 111 Å². The highest BCUT2D eigenvalue weighted by Gasteiger charge is 2.69. The number of carboxylic acid groups (broad SMARTS) is 2. The van der Waals surface area contributed by atoms with Gasteiger partial charge in [0.05, 0.1) is 17.4 Å². The highest BCUT2D eigenvalue weighted by molar-refractivity contribution is 5.91. The van der Waals surface area contributed by atoms with Crippen molar-refractivity contribution in [2.24, 2.45) is 0 Å². The number of piperidine rings is 1. The molecule has 3 aliphatic rings. The quantitative estimate of drug-likeness (QED) is 0.197. The van der Waals surface area contributed by atoms with Gasteiger partial charge in [0.25, 0.3) is 0 Å². The molecule has 16 nitrogen and oxygen atoms in total. The Balaban J connectivity index is 1.74. The zero-order valence-electron chi connectivity index (χ0n) is 25.7. The second kappa shape index (κ2) is 12.6. The Morgan fingerprint density at radius 3 is 2.20 bits per heavy atom. The molecule has 1 spiro atoms. The first-order chi connectivity index (χ1) is 21.4. The Bertz CT molecular complexity index is 1500. The Hall–Kier alpha value is -4.70. The van der Waals surface area contributed by atoms with Crippen LogP contribution in [0.15, 0.2) is 24.0 Å². The van der Waals surface area contributed by atoms with E-state index in [-0.39, 0.29) is 23.7 Å². The fourth-order valence-corrected chi connectivity index (χ4v) is 6.55. The Morgan fingerprint density at radius 2 is 1.63 bits per heavy atom. The summed E-state index contributed by atoms with van der Waals surface area (Å²) in [5, 5.41) is 41.4. The number of aryl methyl sites for hydroxylation is 1. The average Bonchev–Trinajstić information content (AvgIpc) is 3.33. The van der Waals surface area contributed by atoms with Gasteiger partial charge in [0.1, 0.15) is 5.76 Å². The van der Waals surface area contributed by atoms with Gasteiger partial charge in [-0.2, -0.15) is 0 Å². The number of esters is 4. The van der Waals surface area contributed by atoms with E-state index >= 15 is 0 Å². The first kappa shape index (κ1) is 34.2. The number of aliphatic carboxylic acids is 2. The molecular formula is C30H35NO15. The molecule has 1 aromatic rings. The van der Waals surface area contributed by atoms with Crippen molar-refractivity contribution in [1.82, 2.24) is 4.90 Å². The standard InChI is InChI=1S/C30H35NO15/c1-13-6-7-17(34)22-21(13)29-10-11-31(5)14(2)30(29,41)9-8-18(25(29)46-22)44-27(39)23(42-15(3)32)24(43-16(4)33)28(40)45-19(26(37)38)12-20(35)36/h6-8,14,19,23-25,34,41H,9-12H2,1-5H3,(H,35,36)(H,37,38)/t14-,19+,23-,24-,25+,29+,30-/m1/s1. The SMILES string of the molecule is CC(=O)O[C@@H](C(=O)OC1=CC[C@@]2(O)[C@@H](C)N(C)CC[C@@]23c2c(C)ccc(O)c2O[C@@H]13)[C@@H](OC(C)=O)C(=O)O[C@@H](CC(=O)O)C(=O)O. The molecular weight excluding hydrogens is 614 g/mol. The van der Waals surface area contributed by atoms with Crippen molar-refractivity contribution < 1.29 is 72.9 Å². The molecule has 16 heteroatoms. The lowest BCUT2D eigenvalue weighted by Gasteiger charge is -2.58. The van der Waals surface area contributed by atoms with Crippen LogP contribution in [0.5, 0.6) is 11.5 Å². The Morgan fingerprint density at radius 1 is 1.02 bits per heavy atom. The summed E-state index contributed by atoms with van der Waals surface area (Å²) in [6.07, 6.45) is -7.73. The summed E-state index contributed by atoms with van der Waals surface area (Å²) >= 11 is 0. The maximum absolute atomic E-state index is 13.7. The summed E-state index contributed by atoms with van der Waals surface area (Å²) in [4.78, 5) is 75.3. The molecule has 1 saturated heterocycles. The number of rotatable bonds is 10. The van der Waals surface area contributed by atoms with E-state index in [9.17, 15) is 44.1 Å². The molecule has 250 valence electrons. The number of aliphatic hydroxyl groups is 1. The third-order valence-corrected chi connectivity index (χ3v) is 8.77. The molecule has 0 aromatic heterocycles. The fraction of sp³-hybridized carbons (Fsp3) is 0.533. The highest BCUT2D eigenvalue weighted by Crippen LogP contribution is 2.62. The Kier molecular flexibility index (Phi) is 9.36. The van der Waals surface area contributed by atoms with Crippen LogP contribution in [0.2, 0.25) is 0 Å². The second-order valence-corrected chi connectivity index (χ2v) is 11.6. The van der Waals surface area contributed by atoms with Crippen molar-refractivity contribution in [2.45, 2.75) is 88.4 Å². The summed E-state index contributed by atoms with van der Waals surface area (Å²) in [6, 6.07) is 2.66. The molecule has 0 radical (unpaired) electrons. The third-order valence-electron chi connectivity index (χ3n) is 8.77. The number of ether oxygens (including phenoxy) is 5. The molecule has 4 rings (SSSR count). The van der Waals surface area contributed by atoms with Gasteiger partial charge in [0, 0.05) is 31.9 Å². The van der Waals surface area contributed by atoms with Gasteiger partial charge >= 0.3 is 35.8 Å². The van der Waals surface area contributed by atoms with Crippen LogP contribution >= 0.6 is 0 Å². The number of nitrogens with zero attached hydrogens (tertiary/aromatic N) is 1. The molecule has 2 heterocycles. The van der Waals surface area contributed by atoms with Gasteiger partial charge in [-0.15, -0.1) is 0 Å². The van der Waals surface area contributed by atoms with Crippen LogP contribution in [0.1, 0.15) is 51.2 Å². The smallest absolute Gasteiger partial charge is 0.357 e. The number of benzene rings is 1. The first-order valence-corrected chi connectivity index (χ1v) is 14.3. The second-order valence-electron chi connectivity index (χ2n) is 11.6. The van der Waals surface area contributed by atoms with Crippen LogP contribution in [0.3, 0.4) is 0 Å². The summed E-state index contributed by atoms with van der Waals surface area (Å²) < 4.78 is 26.5. The minimum atomic E-state index is -2.41.